The van der Waals surface area contributed by atoms with Crippen molar-refractivity contribution in [1.82, 2.24) is 0 Å². The first-order valence-corrected chi connectivity index (χ1v) is 13.6. The van der Waals surface area contributed by atoms with Gasteiger partial charge in [0, 0.05) is 33.2 Å². The van der Waals surface area contributed by atoms with Crippen molar-refractivity contribution in [3.8, 4) is 0 Å². The summed E-state index contributed by atoms with van der Waals surface area (Å²) < 4.78 is 0. The second-order valence-corrected chi connectivity index (χ2v) is 9.83. The molecule has 0 aliphatic heterocycles. The van der Waals surface area contributed by atoms with Gasteiger partial charge in [-0.2, -0.15) is 0 Å². The second-order valence-electron chi connectivity index (χ2n) is 9.83. The fourth-order valence-electron chi connectivity index (χ4n) is 5.63. The topological polar surface area (TPSA) is 6.48 Å². The van der Waals surface area contributed by atoms with Gasteiger partial charge in [-0.25, -0.2) is 0 Å². The highest BCUT2D eigenvalue weighted by molar-refractivity contribution is 6.09. The van der Waals surface area contributed by atoms with Crippen LogP contribution in [0.2, 0.25) is 0 Å². The molecule has 7 aromatic rings. The van der Waals surface area contributed by atoms with Crippen LogP contribution < -0.4 is 9.80 Å². The Morgan fingerprint density at radius 2 is 0.625 bits per heavy atom. The van der Waals surface area contributed by atoms with Crippen LogP contribution in [0.5, 0.6) is 0 Å². The summed E-state index contributed by atoms with van der Waals surface area (Å²) in [6.07, 6.45) is 0. The van der Waals surface area contributed by atoms with Gasteiger partial charge in [0.2, 0.25) is 0 Å². The summed E-state index contributed by atoms with van der Waals surface area (Å²) in [7, 11) is 0. The van der Waals surface area contributed by atoms with Gasteiger partial charge >= 0.3 is 0 Å². The summed E-state index contributed by atoms with van der Waals surface area (Å²) in [5.74, 6) is 0. The molecule has 0 radical (unpaired) electrons. The van der Waals surface area contributed by atoms with Crippen LogP contribution >= 0.6 is 0 Å². The molecule has 0 unspecified atom stereocenters. The minimum absolute atomic E-state index is 1.12. The Balaban J connectivity index is 1.50. The molecule has 40 heavy (non-hydrogen) atoms. The zero-order valence-corrected chi connectivity index (χ0v) is 22.1. The highest BCUT2D eigenvalue weighted by atomic mass is 15.2. The van der Waals surface area contributed by atoms with Gasteiger partial charge in [-0.15, -0.1) is 0 Å². The molecule has 0 atom stereocenters. The molecule has 0 heterocycles. The molecule has 0 fully saturated rings. The Morgan fingerprint density at radius 1 is 0.250 bits per heavy atom. The lowest BCUT2D eigenvalue weighted by atomic mass is 10.0. The van der Waals surface area contributed by atoms with E-state index in [4.69, 9.17) is 0 Å². The maximum Gasteiger partial charge on any atom is 0.0541 e. The van der Waals surface area contributed by atoms with E-state index in [0.29, 0.717) is 0 Å². The van der Waals surface area contributed by atoms with Crippen LogP contribution in [0.1, 0.15) is 0 Å². The van der Waals surface area contributed by atoms with Crippen molar-refractivity contribution in [2.24, 2.45) is 0 Å². The van der Waals surface area contributed by atoms with E-state index >= 15 is 0 Å². The minimum Gasteiger partial charge on any atom is -0.310 e. The SMILES string of the molecule is c1ccc(N(c2ccccc2)c2ccc(N(c3ccccc3)c3cccc4ccccc34)c3ccccc23)cc1. The Morgan fingerprint density at radius 3 is 1.18 bits per heavy atom. The number of rotatable bonds is 6. The number of para-hydroxylation sites is 3. The molecule has 0 N–H and O–H groups in total. The van der Waals surface area contributed by atoms with Crippen molar-refractivity contribution in [3.05, 3.63) is 170 Å². The molecule has 0 saturated carbocycles. The zero-order valence-electron chi connectivity index (χ0n) is 22.1. The van der Waals surface area contributed by atoms with Crippen molar-refractivity contribution in [2.45, 2.75) is 0 Å². The van der Waals surface area contributed by atoms with Crippen LogP contribution in [0.4, 0.5) is 34.1 Å². The molecular formula is C38H28N2. The van der Waals surface area contributed by atoms with Crippen LogP contribution in [0.25, 0.3) is 21.5 Å². The van der Waals surface area contributed by atoms with E-state index in [1.165, 1.54) is 21.5 Å². The Kier molecular flexibility index (Phi) is 6.20. The third kappa shape index (κ3) is 4.26. The molecule has 0 saturated heterocycles. The average Bonchev–Trinajstić information content (AvgIpc) is 3.04. The smallest absolute Gasteiger partial charge is 0.0541 e. The Bertz CT molecular complexity index is 1850. The maximum absolute atomic E-state index is 2.39. The van der Waals surface area contributed by atoms with E-state index < -0.39 is 0 Å². The monoisotopic (exact) mass is 512 g/mol. The average molecular weight is 513 g/mol. The molecule has 0 aliphatic rings. The third-order valence-electron chi connectivity index (χ3n) is 7.41. The van der Waals surface area contributed by atoms with Gasteiger partial charge in [0.05, 0.1) is 17.1 Å². The molecule has 0 amide bonds. The van der Waals surface area contributed by atoms with E-state index in [0.717, 1.165) is 34.1 Å². The van der Waals surface area contributed by atoms with Crippen LogP contribution in [-0.4, -0.2) is 0 Å². The van der Waals surface area contributed by atoms with E-state index in [1.807, 2.05) is 0 Å². The van der Waals surface area contributed by atoms with Crippen molar-refractivity contribution >= 4 is 55.7 Å². The summed E-state index contributed by atoms with van der Waals surface area (Å²) in [6, 6.07) is 60.3. The summed E-state index contributed by atoms with van der Waals surface area (Å²) in [6.45, 7) is 0. The molecule has 190 valence electrons. The summed E-state index contributed by atoms with van der Waals surface area (Å²) in [5.41, 5.74) is 6.82. The number of anilines is 6. The number of nitrogens with zero attached hydrogens (tertiary/aromatic N) is 2. The van der Waals surface area contributed by atoms with Gasteiger partial charge < -0.3 is 9.80 Å². The summed E-state index contributed by atoms with van der Waals surface area (Å²) >= 11 is 0. The van der Waals surface area contributed by atoms with Crippen molar-refractivity contribution < 1.29 is 0 Å². The lowest BCUT2D eigenvalue weighted by Crippen LogP contribution is -2.13. The molecule has 7 rings (SSSR count). The highest BCUT2D eigenvalue weighted by Crippen LogP contribution is 2.46. The van der Waals surface area contributed by atoms with Crippen molar-refractivity contribution in [3.63, 3.8) is 0 Å². The van der Waals surface area contributed by atoms with Gasteiger partial charge in [0.1, 0.15) is 0 Å². The minimum atomic E-state index is 1.12. The maximum atomic E-state index is 2.39. The van der Waals surface area contributed by atoms with Crippen LogP contribution in [0.3, 0.4) is 0 Å². The van der Waals surface area contributed by atoms with Gasteiger partial charge in [-0.1, -0.05) is 115 Å². The van der Waals surface area contributed by atoms with Crippen LogP contribution in [0.15, 0.2) is 170 Å². The van der Waals surface area contributed by atoms with Crippen molar-refractivity contribution in [2.75, 3.05) is 9.80 Å². The van der Waals surface area contributed by atoms with Gasteiger partial charge in [-0.3, -0.25) is 0 Å². The third-order valence-corrected chi connectivity index (χ3v) is 7.41. The van der Waals surface area contributed by atoms with E-state index in [-0.39, 0.29) is 0 Å². The zero-order chi connectivity index (χ0) is 26.7. The van der Waals surface area contributed by atoms with Gasteiger partial charge in [-0.05, 0) is 60.0 Å². The van der Waals surface area contributed by atoms with Crippen molar-refractivity contribution in [1.29, 1.82) is 0 Å². The van der Waals surface area contributed by atoms with Gasteiger partial charge in [0.15, 0.2) is 0 Å². The van der Waals surface area contributed by atoms with Gasteiger partial charge in [0.25, 0.3) is 0 Å². The standard InChI is InChI=1S/C38H28N2/c1-4-17-30(18-5-1)39(31-19-6-2-7-20-31)37-27-28-38(35-25-13-12-24-34(35)37)40(32-21-8-3-9-22-32)36-26-14-16-29-15-10-11-23-33(29)36/h1-28H. The number of benzene rings is 7. The van der Waals surface area contributed by atoms with E-state index in [2.05, 4.69) is 180 Å². The first-order chi connectivity index (χ1) is 19.9. The molecule has 2 nitrogen and oxygen atoms in total. The number of hydrogen-bond donors (Lipinski definition) is 0. The first kappa shape index (κ1) is 23.8. The normalized spacial score (nSPS) is 11.0. The first-order valence-electron chi connectivity index (χ1n) is 13.6. The van der Waals surface area contributed by atoms with E-state index in [9.17, 15) is 0 Å². The number of hydrogen-bond acceptors (Lipinski definition) is 2. The second kappa shape index (κ2) is 10.4. The number of fused-ring (bicyclic) bond motifs is 2. The fourth-order valence-corrected chi connectivity index (χ4v) is 5.63. The van der Waals surface area contributed by atoms with E-state index in [1.54, 1.807) is 0 Å². The highest BCUT2D eigenvalue weighted by Gasteiger charge is 2.21. The Hall–Kier alpha value is -5.34. The molecular weight excluding hydrogens is 484 g/mol. The van der Waals surface area contributed by atoms with Crippen LogP contribution in [0, 0.1) is 0 Å². The molecule has 7 aromatic carbocycles. The quantitative estimate of drug-likeness (QED) is 0.219. The molecule has 2 heteroatoms. The Labute approximate surface area is 235 Å². The molecule has 0 bridgehead atoms. The predicted molar refractivity (Wildman–Crippen MR) is 171 cm³/mol. The molecule has 0 spiro atoms. The molecule has 0 aliphatic carbocycles. The largest absolute Gasteiger partial charge is 0.310 e. The van der Waals surface area contributed by atoms with Crippen LogP contribution in [-0.2, 0) is 0 Å². The summed E-state index contributed by atoms with van der Waals surface area (Å²) in [4.78, 5) is 4.74. The summed E-state index contributed by atoms with van der Waals surface area (Å²) in [5, 5.41) is 4.82. The predicted octanol–water partition coefficient (Wildman–Crippen LogP) is 10.9. The lowest BCUT2D eigenvalue weighted by Gasteiger charge is -2.31. The lowest BCUT2D eigenvalue weighted by molar-refractivity contribution is 1.28. The molecule has 0 aromatic heterocycles. The fraction of sp³-hybridized carbons (Fsp3) is 0.